The normalized spacial score (nSPS) is 12.3. The van der Waals surface area contributed by atoms with Gasteiger partial charge in [-0.3, -0.25) is 0 Å². The Hall–Kier alpha value is -2.18. The third-order valence-electron chi connectivity index (χ3n) is 3.06. The van der Waals surface area contributed by atoms with Gasteiger partial charge in [-0.1, -0.05) is 6.07 Å². The number of ether oxygens (including phenoxy) is 1. The standard InChI is InChI=1S/C15H12FNO3S/c1-19-13-6-9(2-3-11(13)16)14(18)15-17-12(8-21-15)10-4-5-20-7-10/h2-8,14,18H,1H3. The molecule has 0 aliphatic heterocycles. The number of rotatable bonds is 4. The molecule has 1 N–H and O–H groups in total. The van der Waals surface area contributed by atoms with E-state index in [0.717, 1.165) is 11.3 Å². The number of thiazole rings is 1. The monoisotopic (exact) mass is 305 g/mol. The fourth-order valence-corrected chi connectivity index (χ4v) is 2.78. The van der Waals surface area contributed by atoms with Crippen LogP contribution in [0.15, 0.2) is 46.6 Å². The van der Waals surface area contributed by atoms with Gasteiger partial charge in [-0.05, 0) is 23.8 Å². The molecule has 0 amide bonds. The van der Waals surface area contributed by atoms with E-state index in [2.05, 4.69) is 4.98 Å². The van der Waals surface area contributed by atoms with Crippen LogP contribution in [0.25, 0.3) is 11.3 Å². The van der Waals surface area contributed by atoms with Crippen molar-refractivity contribution in [2.75, 3.05) is 7.11 Å². The van der Waals surface area contributed by atoms with Crippen LogP contribution in [0, 0.1) is 5.82 Å². The molecule has 0 bridgehead atoms. The van der Waals surface area contributed by atoms with Crippen molar-refractivity contribution in [3.05, 3.63) is 58.6 Å². The van der Waals surface area contributed by atoms with Crippen LogP contribution in [0.2, 0.25) is 0 Å². The number of nitrogens with zero attached hydrogens (tertiary/aromatic N) is 1. The highest BCUT2D eigenvalue weighted by Crippen LogP contribution is 2.31. The molecule has 0 fully saturated rings. The first-order valence-electron chi connectivity index (χ1n) is 6.18. The lowest BCUT2D eigenvalue weighted by molar-refractivity contribution is 0.219. The lowest BCUT2D eigenvalue weighted by Gasteiger charge is -2.10. The summed E-state index contributed by atoms with van der Waals surface area (Å²) >= 11 is 1.33. The first kappa shape index (κ1) is 13.8. The quantitative estimate of drug-likeness (QED) is 0.799. The summed E-state index contributed by atoms with van der Waals surface area (Å²) in [5.74, 6) is -0.371. The second kappa shape index (κ2) is 5.67. The van der Waals surface area contributed by atoms with Gasteiger partial charge in [0.05, 0.1) is 25.3 Å². The molecule has 0 aliphatic rings. The molecule has 0 spiro atoms. The van der Waals surface area contributed by atoms with Crippen LogP contribution in [-0.4, -0.2) is 17.2 Å². The molecule has 108 valence electrons. The number of methoxy groups -OCH3 is 1. The van der Waals surface area contributed by atoms with E-state index in [0.29, 0.717) is 10.6 Å². The van der Waals surface area contributed by atoms with Gasteiger partial charge in [-0.25, -0.2) is 9.37 Å². The Bertz CT molecular complexity index is 739. The van der Waals surface area contributed by atoms with Gasteiger partial charge < -0.3 is 14.3 Å². The Morgan fingerprint density at radius 1 is 1.38 bits per heavy atom. The molecule has 0 aliphatic carbocycles. The Morgan fingerprint density at radius 2 is 2.24 bits per heavy atom. The average Bonchev–Trinajstić information content (AvgIpc) is 3.18. The first-order chi connectivity index (χ1) is 10.2. The summed E-state index contributed by atoms with van der Waals surface area (Å²) in [5, 5.41) is 12.7. The minimum absolute atomic E-state index is 0.0955. The van der Waals surface area contributed by atoms with E-state index in [4.69, 9.17) is 9.15 Å². The molecule has 0 saturated carbocycles. The Kier molecular flexibility index (Phi) is 3.72. The second-order valence-corrected chi connectivity index (χ2v) is 5.27. The van der Waals surface area contributed by atoms with Gasteiger partial charge in [0.15, 0.2) is 11.6 Å². The van der Waals surface area contributed by atoms with Crippen LogP contribution in [0.5, 0.6) is 5.75 Å². The highest BCUT2D eigenvalue weighted by Gasteiger charge is 2.17. The van der Waals surface area contributed by atoms with Crippen LogP contribution in [0.1, 0.15) is 16.7 Å². The Morgan fingerprint density at radius 3 is 2.95 bits per heavy atom. The Labute approximate surface area is 124 Å². The molecular formula is C15H12FNO3S. The van der Waals surface area contributed by atoms with Gasteiger partial charge in [0.2, 0.25) is 0 Å². The highest BCUT2D eigenvalue weighted by atomic mass is 32.1. The van der Waals surface area contributed by atoms with E-state index in [1.165, 1.54) is 36.6 Å². The molecule has 1 aromatic carbocycles. The van der Waals surface area contributed by atoms with E-state index in [-0.39, 0.29) is 5.75 Å². The molecule has 1 unspecified atom stereocenters. The number of aliphatic hydroxyl groups is 1. The largest absolute Gasteiger partial charge is 0.494 e. The third-order valence-corrected chi connectivity index (χ3v) is 3.96. The number of benzene rings is 1. The van der Waals surface area contributed by atoms with Crippen LogP contribution in [0.3, 0.4) is 0 Å². The topological polar surface area (TPSA) is 55.5 Å². The minimum Gasteiger partial charge on any atom is -0.494 e. The van der Waals surface area contributed by atoms with Gasteiger partial charge in [-0.2, -0.15) is 0 Å². The van der Waals surface area contributed by atoms with Gasteiger partial charge in [0.25, 0.3) is 0 Å². The number of aromatic nitrogens is 1. The van der Waals surface area contributed by atoms with Gasteiger partial charge in [0.1, 0.15) is 11.1 Å². The summed E-state index contributed by atoms with van der Waals surface area (Å²) in [4.78, 5) is 4.38. The summed E-state index contributed by atoms with van der Waals surface area (Å²) in [6.07, 6.45) is 2.23. The first-order valence-corrected chi connectivity index (χ1v) is 7.06. The van der Waals surface area contributed by atoms with Crippen molar-refractivity contribution in [1.82, 2.24) is 4.98 Å². The van der Waals surface area contributed by atoms with Crippen molar-refractivity contribution < 1.29 is 18.7 Å². The zero-order chi connectivity index (χ0) is 14.8. The number of furan rings is 1. The van der Waals surface area contributed by atoms with E-state index in [1.807, 2.05) is 5.38 Å². The van der Waals surface area contributed by atoms with E-state index in [1.54, 1.807) is 18.6 Å². The van der Waals surface area contributed by atoms with Crippen molar-refractivity contribution in [1.29, 1.82) is 0 Å². The SMILES string of the molecule is COc1cc(C(O)c2nc(-c3ccoc3)cs2)ccc1F. The molecule has 2 heterocycles. The average molecular weight is 305 g/mol. The van der Waals surface area contributed by atoms with Crippen LogP contribution in [0.4, 0.5) is 4.39 Å². The van der Waals surface area contributed by atoms with Crippen molar-refractivity contribution >= 4 is 11.3 Å². The fraction of sp³-hybridized carbons (Fsp3) is 0.133. The smallest absolute Gasteiger partial charge is 0.165 e. The van der Waals surface area contributed by atoms with E-state index in [9.17, 15) is 9.50 Å². The van der Waals surface area contributed by atoms with Crippen LogP contribution < -0.4 is 4.74 Å². The number of halogens is 1. The van der Waals surface area contributed by atoms with Gasteiger partial charge in [0, 0.05) is 10.9 Å². The maximum absolute atomic E-state index is 13.4. The molecular weight excluding hydrogens is 293 g/mol. The highest BCUT2D eigenvalue weighted by molar-refractivity contribution is 7.10. The molecule has 3 aromatic rings. The molecule has 1 atom stereocenters. The van der Waals surface area contributed by atoms with Crippen molar-refractivity contribution in [3.8, 4) is 17.0 Å². The predicted octanol–water partition coefficient (Wildman–Crippen LogP) is 3.63. The van der Waals surface area contributed by atoms with Gasteiger partial charge >= 0.3 is 0 Å². The molecule has 0 radical (unpaired) electrons. The number of hydrogen-bond donors (Lipinski definition) is 1. The fourth-order valence-electron chi connectivity index (χ4n) is 1.95. The summed E-state index contributed by atoms with van der Waals surface area (Å²) < 4.78 is 23.3. The summed E-state index contributed by atoms with van der Waals surface area (Å²) in [6.45, 7) is 0. The van der Waals surface area contributed by atoms with E-state index < -0.39 is 11.9 Å². The van der Waals surface area contributed by atoms with Crippen molar-refractivity contribution in [3.63, 3.8) is 0 Å². The molecule has 3 rings (SSSR count). The minimum atomic E-state index is -0.926. The summed E-state index contributed by atoms with van der Waals surface area (Å²) in [7, 11) is 1.38. The lowest BCUT2D eigenvalue weighted by Crippen LogP contribution is -2.00. The zero-order valence-corrected chi connectivity index (χ0v) is 11.9. The number of hydrogen-bond acceptors (Lipinski definition) is 5. The predicted molar refractivity (Wildman–Crippen MR) is 76.8 cm³/mol. The molecule has 6 heteroatoms. The molecule has 2 aromatic heterocycles. The van der Waals surface area contributed by atoms with Crippen LogP contribution >= 0.6 is 11.3 Å². The molecule has 21 heavy (non-hydrogen) atoms. The van der Waals surface area contributed by atoms with Crippen molar-refractivity contribution in [2.45, 2.75) is 6.10 Å². The lowest BCUT2D eigenvalue weighted by atomic mass is 10.1. The maximum Gasteiger partial charge on any atom is 0.165 e. The zero-order valence-electron chi connectivity index (χ0n) is 11.1. The second-order valence-electron chi connectivity index (χ2n) is 4.38. The molecule has 0 saturated heterocycles. The van der Waals surface area contributed by atoms with E-state index >= 15 is 0 Å². The number of aliphatic hydroxyl groups excluding tert-OH is 1. The maximum atomic E-state index is 13.4. The van der Waals surface area contributed by atoms with Gasteiger partial charge in [-0.15, -0.1) is 11.3 Å². The van der Waals surface area contributed by atoms with Crippen LogP contribution in [-0.2, 0) is 0 Å². The Balaban J connectivity index is 1.90. The summed E-state index contributed by atoms with van der Waals surface area (Å²) in [5.41, 5.74) is 2.11. The third kappa shape index (κ3) is 2.68. The van der Waals surface area contributed by atoms with Crippen molar-refractivity contribution in [2.24, 2.45) is 0 Å². The molecule has 4 nitrogen and oxygen atoms in total. The summed E-state index contributed by atoms with van der Waals surface area (Å²) in [6, 6.07) is 6.05.